The summed E-state index contributed by atoms with van der Waals surface area (Å²) in [6.07, 6.45) is 9.40. The van der Waals surface area contributed by atoms with Crippen molar-refractivity contribution in [3.05, 3.63) is 127 Å². The summed E-state index contributed by atoms with van der Waals surface area (Å²) in [5.74, 6) is 0.694. The van der Waals surface area contributed by atoms with E-state index >= 15 is 0 Å². The van der Waals surface area contributed by atoms with E-state index in [0.29, 0.717) is 5.92 Å². The third-order valence-corrected chi connectivity index (χ3v) is 8.97. The first-order valence-electron chi connectivity index (χ1n) is 13.2. The lowest BCUT2D eigenvalue weighted by atomic mass is 9.91. The van der Waals surface area contributed by atoms with Crippen LogP contribution in [0.1, 0.15) is 25.3 Å². The highest BCUT2D eigenvalue weighted by Gasteiger charge is 2.10. The van der Waals surface area contributed by atoms with E-state index in [0.717, 1.165) is 6.42 Å². The second-order valence-electron chi connectivity index (χ2n) is 10.1. The standard InChI is InChI=1S/C36H28S/c1-2-24-7-9-25(10-8-24)26-11-13-27(14-12-26)28-15-16-30-22-31(18-17-29(30)21-28)32-19-20-36-34(23-32)33-5-3-4-6-35(33)37-36/h3-7,9-24H,2,8H2,1H3. The number of hydrogen-bond donors (Lipinski definition) is 0. The third-order valence-electron chi connectivity index (χ3n) is 7.81. The van der Waals surface area contributed by atoms with Gasteiger partial charge in [-0.1, -0.05) is 97.9 Å². The van der Waals surface area contributed by atoms with Gasteiger partial charge in [0.15, 0.2) is 0 Å². The van der Waals surface area contributed by atoms with Crippen molar-refractivity contribution in [1.29, 1.82) is 0 Å². The molecule has 37 heavy (non-hydrogen) atoms. The van der Waals surface area contributed by atoms with E-state index < -0.39 is 0 Å². The van der Waals surface area contributed by atoms with E-state index in [-0.39, 0.29) is 0 Å². The van der Waals surface area contributed by atoms with Gasteiger partial charge >= 0.3 is 0 Å². The third kappa shape index (κ3) is 4.10. The molecule has 0 N–H and O–H groups in total. The Morgan fingerprint density at radius 2 is 1.24 bits per heavy atom. The van der Waals surface area contributed by atoms with E-state index in [1.807, 2.05) is 11.3 Å². The van der Waals surface area contributed by atoms with Crippen molar-refractivity contribution in [2.75, 3.05) is 0 Å². The van der Waals surface area contributed by atoms with Crippen molar-refractivity contribution in [2.24, 2.45) is 5.92 Å². The second kappa shape index (κ2) is 9.18. The van der Waals surface area contributed by atoms with Gasteiger partial charge in [-0.05, 0) is 93.3 Å². The van der Waals surface area contributed by atoms with Crippen molar-refractivity contribution in [1.82, 2.24) is 0 Å². The van der Waals surface area contributed by atoms with Crippen molar-refractivity contribution in [3.63, 3.8) is 0 Å². The molecule has 7 rings (SSSR count). The molecule has 1 heterocycles. The Hall–Kier alpha value is -3.94. The second-order valence-corrected chi connectivity index (χ2v) is 11.2. The molecule has 5 aromatic carbocycles. The fourth-order valence-electron chi connectivity index (χ4n) is 5.55. The summed E-state index contributed by atoms with van der Waals surface area (Å²) < 4.78 is 2.70. The first-order valence-corrected chi connectivity index (χ1v) is 14.0. The molecule has 1 atom stereocenters. The van der Waals surface area contributed by atoms with Gasteiger partial charge in [-0.25, -0.2) is 0 Å². The van der Waals surface area contributed by atoms with Crippen LogP contribution >= 0.6 is 11.3 Å². The normalized spacial score (nSPS) is 15.5. The quantitative estimate of drug-likeness (QED) is 0.229. The van der Waals surface area contributed by atoms with Gasteiger partial charge in [0.05, 0.1) is 0 Å². The van der Waals surface area contributed by atoms with E-state index in [9.17, 15) is 0 Å². The summed E-state index contributed by atoms with van der Waals surface area (Å²) in [5.41, 5.74) is 7.70. The minimum atomic E-state index is 0.694. The minimum absolute atomic E-state index is 0.694. The number of thiophene rings is 1. The topological polar surface area (TPSA) is 0 Å². The lowest BCUT2D eigenvalue weighted by Gasteiger charge is -2.14. The van der Waals surface area contributed by atoms with E-state index in [1.165, 1.54) is 70.8 Å². The zero-order valence-corrected chi connectivity index (χ0v) is 21.8. The Balaban J connectivity index is 1.18. The number of benzene rings is 5. The van der Waals surface area contributed by atoms with Crippen molar-refractivity contribution >= 4 is 47.9 Å². The monoisotopic (exact) mass is 492 g/mol. The molecule has 1 heteroatoms. The lowest BCUT2D eigenvalue weighted by molar-refractivity contribution is 0.634. The van der Waals surface area contributed by atoms with Gasteiger partial charge in [0.25, 0.3) is 0 Å². The minimum Gasteiger partial charge on any atom is -0.135 e. The molecule has 178 valence electrons. The summed E-state index contributed by atoms with van der Waals surface area (Å²) >= 11 is 1.87. The molecule has 0 radical (unpaired) electrons. The van der Waals surface area contributed by atoms with Crippen LogP contribution in [-0.2, 0) is 0 Å². The Morgan fingerprint density at radius 3 is 1.97 bits per heavy atom. The molecule has 0 spiro atoms. The van der Waals surface area contributed by atoms with Gasteiger partial charge in [-0.15, -0.1) is 11.3 Å². The van der Waals surface area contributed by atoms with Gasteiger partial charge < -0.3 is 0 Å². The molecule has 1 aliphatic rings. The van der Waals surface area contributed by atoms with Crippen LogP contribution in [-0.4, -0.2) is 0 Å². The van der Waals surface area contributed by atoms with Crippen molar-refractivity contribution in [3.8, 4) is 22.3 Å². The van der Waals surface area contributed by atoms with Gasteiger partial charge in [0.1, 0.15) is 0 Å². The molecule has 1 aliphatic carbocycles. The average molecular weight is 493 g/mol. The lowest BCUT2D eigenvalue weighted by Crippen LogP contribution is -1.97. The highest BCUT2D eigenvalue weighted by Crippen LogP contribution is 2.37. The molecule has 0 nitrogen and oxygen atoms in total. The maximum absolute atomic E-state index is 2.38. The number of hydrogen-bond acceptors (Lipinski definition) is 1. The van der Waals surface area contributed by atoms with Gasteiger partial charge in [0.2, 0.25) is 0 Å². The molecule has 1 aromatic heterocycles. The molecular formula is C36H28S. The predicted molar refractivity (Wildman–Crippen MR) is 163 cm³/mol. The van der Waals surface area contributed by atoms with Crippen LogP contribution in [0.25, 0.3) is 58.8 Å². The maximum atomic E-state index is 2.38. The summed E-state index contributed by atoms with van der Waals surface area (Å²) in [6, 6.07) is 38.3. The summed E-state index contributed by atoms with van der Waals surface area (Å²) in [4.78, 5) is 0. The van der Waals surface area contributed by atoms with Crippen LogP contribution < -0.4 is 0 Å². The zero-order chi connectivity index (χ0) is 24.8. The molecular weight excluding hydrogens is 464 g/mol. The molecule has 0 fully saturated rings. The predicted octanol–water partition coefficient (Wildman–Crippen LogP) is 10.9. The number of allylic oxidation sites excluding steroid dienone is 4. The van der Waals surface area contributed by atoms with Crippen molar-refractivity contribution < 1.29 is 0 Å². The smallest absolute Gasteiger partial charge is 0.0355 e. The van der Waals surface area contributed by atoms with Crippen LogP contribution in [0.2, 0.25) is 0 Å². The van der Waals surface area contributed by atoms with Crippen molar-refractivity contribution in [2.45, 2.75) is 19.8 Å². The van der Waals surface area contributed by atoms with Crippen LogP contribution in [0.15, 0.2) is 121 Å². The molecule has 0 saturated carbocycles. The summed E-state index contributed by atoms with van der Waals surface area (Å²) in [7, 11) is 0. The van der Waals surface area contributed by atoms with Crippen LogP contribution in [0, 0.1) is 5.92 Å². The van der Waals surface area contributed by atoms with Gasteiger partial charge in [-0.2, -0.15) is 0 Å². The fourth-order valence-corrected chi connectivity index (χ4v) is 6.63. The SMILES string of the molecule is CCC1C=CC(c2ccc(-c3ccc4cc(-c5ccc6sc7ccccc7c6c5)ccc4c3)cc2)=CC1. The summed E-state index contributed by atoms with van der Waals surface area (Å²) in [6.45, 7) is 2.26. The highest BCUT2D eigenvalue weighted by molar-refractivity contribution is 7.25. The summed E-state index contributed by atoms with van der Waals surface area (Å²) in [5, 5.41) is 5.25. The molecule has 6 aromatic rings. The Kier molecular flexibility index (Phi) is 5.52. The first-order chi connectivity index (χ1) is 18.2. The molecule has 1 unspecified atom stereocenters. The molecule has 0 saturated heterocycles. The largest absolute Gasteiger partial charge is 0.135 e. The first kappa shape index (κ1) is 22.3. The van der Waals surface area contributed by atoms with Gasteiger partial charge in [-0.3, -0.25) is 0 Å². The Bertz CT molecular complexity index is 1830. The maximum Gasteiger partial charge on any atom is 0.0355 e. The van der Waals surface area contributed by atoms with E-state index in [4.69, 9.17) is 0 Å². The molecule has 0 aliphatic heterocycles. The van der Waals surface area contributed by atoms with E-state index in [2.05, 4.69) is 128 Å². The van der Waals surface area contributed by atoms with Crippen LogP contribution in [0.5, 0.6) is 0 Å². The van der Waals surface area contributed by atoms with Crippen LogP contribution in [0.3, 0.4) is 0 Å². The fraction of sp³-hybridized carbons (Fsp3) is 0.111. The Morgan fingerprint density at radius 1 is 0.622 bits per heavy atom. The molecule has 0 amide bonds. The zero-order valence-electron chi connectivity index (χ0n) is 20.9. The van der Waals surface area contributed by atoms with E-state index in [1.54, 1.807) is 0 Å². The Labute approximate surface area is 222 Å². The number of rotatable bonds is 4. The molecule has 0 bridgehead atoms. The highest BCUT2D eigenvalue weighted by atomic mass is 32.1. The van der Waals surface area contributed by atoms with Gasteiger partial charge in [0, 0.05) is 20.2 Å². The van der Waals surface area contributed by atoms with Crippen LogP contribution in [0.4, 0.5) is 0 Å². The average Bonchev–Trinajstić information content (AvgIpc) is 3.35. The number of fused-ring (bicyclic) bond motifs is 4.